The zero-order valence-corrected chi connectivity index (χ0v) is 11.9. The highest BCUT2D eigenvalue weighted by molar-refractivity contribution is 7.11. The van der Waals surface area contributed by atoms with Crippen molar-refractivity contribution in [1.82, 2.24) is 15.3 Å². The zero-order valence-electron chi connectivity index (χ0n) is 10.3. The smallest absolute Gasteiger partial charge is 0.300 e. The molecule has 2 heterocycles. The van der Waals surface area contributed by atoms with Crippen molar-refractivity contribution in [3.8, 4) is 0 Å². The summed E-state index contributed by atoms with van der Waals surface area (Å²) in [7, 11) is 0. The van der Waals surface area contributed by atoms with Crippen LogP contribution < -0.4 is 5.32 Å². The van der Waals surface area contributed by atoms with Crippen LogP contribution in [0.2, 0.25) is 5.15 Å². The molecule has 7 nitrogen and oxygen atoms in total. The molecule has 0 aliphatic rings. The maximum Gasteiger partial charge on any atom is 0.300 e. The molecule has 104 valence electrons. The molecule has 1 N–H and O–H groups in total. The summed E-state index contributed by atoms with van der Waals surface area (Å²) in [5.74, 6) is -0.577. The number of nitro groups is 1. The predicted molar refractivity (Wildman–Crippen MR) is 73.9 cm³/mol. The standard InChI is InChI=1S/C11H9ClN4O3S/c1-6-13-3-7(20-6)4-15-11(17)8-2-10(12)14-5-9(8)16(18)19/h2-3,5H,4H2,1H3,(H,15,17). The number of hydrogen-bond acceptors (Lipinski definition) is 6. The number of carbonyl (C=O) groups excluding carboxylic acids is 1. The van der Waals surface area contributed by atoms with E-state index < -0.39 is 10.8 Å². The highest BCUT2D eigenvalue weighted by atomic mass is 35.5. The lowest BCUT2D eigenvalue weighted by Crippen LogP contribution is -2.23. The number of amides is 1. The Labute approximate surface area is 122 Å². The van der Waals surface area contributed by atoms with Crippen LogP contribution in [-0.4, -0.2) is 20.8 Å². The normalized spacial score (nSPS) is 10.3. The molecule has 2 rings (SSSR count). The van der Waals surface area contributed by atoms with Crippen LogP contribution in [0.25, 0.3) is 0 Å². The first-order valence-corrected chi connectivity index (χ1v) is 6.66. The van der Waals surface area contributed by atoms with Crippen molar-refractivity contribution in [2.24, 2.45) is 0 Å². The third kappa shape index (κ3) is 3.28. The third-order valence-electron chi connectivity index (χ3n) is 2.38. The number of aryl methyl sites for hydroxylation is 1. The molecule has 0 fully saturated rings. The Balaban J connectivity index is 2.16. The molecule has 0 saturated carbocycles. The quantitative estimate of drug-likeness (QED) is 0.531. The number of nitrogens with zero attached hydrogens (tertiary/aromatic N) is 3. The minimum atomic E-state index is -0.672. The molecule has 0 unspecified atom stereocenters. The highest BCUT2D eigenvalue weighted by Gasteiger charge is 2.21. The molecule has 20 heavy (non-hydrogen) atoms. The van der Waals surface area contributed by atoms with Gasteiger partial charge >= 0.3 is 0 Å². The van der Waals surface area contributed by atoms with E-state index in [0.717, 1.165) is 16.1 Å². The van der Waals surface area contributed by atoms with Gasteiger partial charge in [-0.25, -0.2) is 9.97 Å². The fourth-order valence-corrected chi connectivity index (χ4v) is 2.39. The van der Waals surface area contributed by atoms with E-state index in [2.05, 4.69) is 15.3 Å². The Hall–Kier alpha value is -2.06. The Kier molecular flexibility index (Phi) is 4.26. The maximum absolute atomic E-state index is 12.0. The Morgan fingerprint density at radius 2 is 2.25 bits per heavy atom. The Bertz CT molecular complexity index is 673. The average Bonchev–Trinajstić information content (AvgIpc) is 2.81. The first kappa shape index (κ1) is 14.4. The second kappa shape index (κ2) is 5.93. The van der Waals surface area contributed by atoms with Crippen molar-refractivity contribution in [2.75, 3.05) is 0 Å². The molecule has 0 aromatic carbocycles. The SMILES string of the molecule is Cc1ncc(CNC(=O)c2cc(Cl)ncc2[N+](=O)[O-])s1. The number of pyridine rings is 1. The van der Waals surface area contributed by atoms with Gasteiger partial charge in [0.1, 0.15) is 16.9 Å². The Morgan fingerprint density at radius 1 is 1.50 bits per heavy atom. The highest BCUT2D eigenvalue weighted by Crippen LogP contribution is 2.20. The van der Waals surface area contributed by atoms with E-state index in [-0.39, 0.29) is 22.9 Å². The number of hydrogen-bond donors (Lipinski definition) is 1. The maximum atomic E-state index is 12.0. The van der Waals surface area contributed by atoms with E-state index in [4.69, 9.17) is 11.6 Å². The topological polar surface area (TPSA) is 98.0 Å². The monoisotopic (exact) mass is 312 g/mol. The first-order chi connectivity index (χ1) is 9.47. The molecule has 0 radical (unpaired) electrons. The van der Waals surface area contributed by atoms with E-state index in [1.165, 1.54) is 17.4 Å². The van der Waals surface area contributed by atoms with Gasteiger partial charge in [0.15, 0.2) is 0 Å². The molecule has 1 amide bonds. The molecule has 0 aliphatic carbocycles. The summed E-state index contributed by atoms with van der Waals surface area (Å²) >= 11 is 7.10. The van der Waals surface area contributed by atoms with Gasteiger partial charge < -0.3 is 5.32 Å². The van der Waals surface area contributed by atoms with E-state index in [0.29, 0.717) is 0 Å². The van der Waals surface area contributed by atoms with Gasteiger partial charge in [-0.2, -0.15) is 0 Å². The molecule has 0 spiro atoms. The van der Waals surface area contributed by atoms with Crippen molar-refractivity contribution in [3.05, 3.63) is 49.2 Å². The molecule has 2 aromatic rings. The van der Waals surface area contributed by atoms with Crippen molar-refractivity contribution in [2.45, 2.75) is 13.5 Å². The van der Waals surface area contributed by atoms with Crippen LogP contribution in [-0.2, 0) is 6.54 Å². The lowest BCUT2D eigenvalue weighted by Gasteiger charge is -2.04. The van der Waals surface area contributed by atoms with Crippen LogP contribution in [0.3, 0.4) is 0 Å². The molecular weight excluding hydrogens is 304 g/mol. The minimum Gasteiger partial charge on any atom is -0.347 e. The van der Waals surface area contributed by atoms with Gasteiger partial charge in [0.05, 0.1) is 16.5 Å². The first-order valence-electron chi connectivity index (χ1n) is 5.47. The van der Waals surface area contributed by atoms with Crippen LogP contribution in [0, 0.1) is 17.0 Å². The van der Waals surface area contributed by atoms with Crippen LogP contribution >= 0.6 is 22.9 Å². The van der Waals surface area contributed by atoms with Crippen molar-refractivity contribution >= 4 is 34.5 Å². The summed E-state index contributed by atoms with van der Waals surface area (Å²) in [6.45, 7) is 2.10. The Morgan fingerprint density at radius 3 is 2.85 bits per heavy atom. The van der Waals surface area contributed by atoms with Gasteiger partial charge in [-0.1, -0.05) is 11.6 Å². The van der Waals surface area contributed by atoms with Crippen molar-refractivity contribution < 1.29 is 9.72 Å². The van der Waals surface area contributed by atoms with E-state index in [9.17, 15) is 14.9 Å². The molecule has 0 atom stereocenters. The van der Waals surface area contributed by atoms with Gasteiger partial charge in [-0.15, -0.1) is 11.3 Å². The number of nitrogens with one attached hydrogen (secondary N) is 1. The van der Waals surface area contributed by atoms with Crippen LogP contribution in [0.15, 0.2) is 18.5 Å². The molecule has 9 heteroatoms. The summed E-state index contributed by atoms with van der Waals surface area (Å²) in [6.07, 6.45) is 2.61. The molecular formula is C11H9ClN4O3S. The fraction of sp³-hybridized carbons (Fsp3) is 0.182. The second-order valence-corrected chi connectivity index (χ2v) is 5.52. The largest absolute Gasteiger partial charge is 0.347 e. The molecule has 0 saturated heterocycles. The summed E-state index contributed by atoms with van der Waals surface area (Å²) < 4.78 is 0. The summed E-state index contributed by atoms with van der Waals surface area (Å²) in [5.41, 5.74) is -0.497. The van der Waals surface area contributed by atoms with Crippen LogP contribution in [0.4, 0.5) is 5.69 Å². The average molecular weight is 313 g/mol. The van der Waals surface area contributed by atoms with E-state index >= 15 is 0 Å². The van der Waals surface area contributed by atoms with Gasteiger partial charge in [-0.05, 0) is 13.0 Å². The van der Waals surface area contributed by atoms with E-state index in [1.54, 1.807) is 6.20 Å². The zero-order chi connectivity index (χ0) is 14.7. The molecule has 0 aliphatic heterocycles. The van der Waals surface area contributed by atoms with Gasteiger partial charge in [0, 0.05) is 11.1 Å². The molecule has 0 bridgehead atoms. The number of carbonyl (C=O) groups is 1. The second-order valence-electron chi connectivity index (χ2n) is 3.81. The lowest BCUT2D eigenvalue weighted by atomic mass is 10.2. The number of thiazole rings is 1. The summed E-state index contributed by atoms with van der Waals surface area (Å²) in [4.78, 5) is 30.7. The molecule has 2 aromatic heterocycles. The third-order valence-corrected chi connectivity index (χ3v) is 3.50. The number of rotatable bonds is 4. The van der Waals surface area contributed by atoms with Crippen LogP contribution in [0.5, 0.6) is 0 Å². The van der Waals surface area contributed by atoms with Crippen molar-refractivity contribution in [3.63, 3.8) is 0 Å². The fourth-order valence-electron chi connectivity index (χ4n) is 1.50. The van der Waals surface area contributed by atoms with Crippen molar-refractivity contribution in [1.29, 1.82) is 0 Å². The van der Waals surface area contributed by atoms with Gasteiger partial charge in [0.2, 0.25) is 0 Å². The van der Waals surface area contributed by atoms with E-state index in [1.807, 2.05) is 6.92 Å². The number of aromatic nitrogens is 2. The van der Waals surface area contributed by atoms with Gasteiger partial charge in [-0.3, -0.25) is 14.9 Å². The number of halogens is 1. The van der Waals surface area contributed by atoms with Crippen LogP contribution in [0.1, 0.15) is 20.2 Å². The minimum absolute atomic E-state index is 0.0226. The summed E-state index contributed by atoms with van der Waals surface area (Å²) in [5, 5.41) is 14.3. The lowest BCUT2D eigenvalue weighted by molar-refractivity contribution is -0.385. The summed E-state index contributed by atoms with van der Waals surface area (Å²) in [6, 6.07) is 1.17. The predicted octanol–water partition coefficient (Wildman–Crippen LogP) is 2.34. The van der Waals surface area contributed by atoms with Gasteiger partial charge in [0.25, 0.3) is 11.6 Å².